The number of halogens is 1. The van der Waals surface area contributed by atoms with Crippen LogP contribution in [0.5, 0.6) is 0 Å². The Labute approximate surface area is 181 Å². The number of anilines is 3. The molecule has 2 fully saturated rings. The van der Waals surface area contributed by atoms with Crippen LogP contribution in [0, 0.1) is 12.7 Å². The van der Waals surface area contributed by atoms with E-state index in [-0.39, 0.29) is 5.82 Å². The Morgan fingerprint density at radius 3 is 2.61 bits per heavy atom. The zero-order valence-electron chi connectivity index (χ0n) is 17.6. The Balaban J connectivity index is 1.23. The van der Waals surface area contributed by atoms with Crippen LogP contribution in [0.25, 0.3) is 5.69 Å². The minimum absolute atomic E-state index is 0.302. The smallest absolute Gasteiger partial charge is 0.246 e. The first kappa shape index (κ1) is 20.0. The molecule has 7 nitrogen and oxygen atoms in total. The Kier molecular flexibility index (Phi) is 5.57. The summed E-state index contributed by atoms with van der Waals surface area (Å²) in [6.45, 7) is 6.07. The predicted molar refractivity (Wildman–Crippen MR) is 119 cm³/mol. The van der Waals surface area contributed by atoms with Crippen molar-refractivity contribution >= 4 is 17.3 Å². The average Bonchev–Trinajstić information content (AvgIpc) is 3.16. The van der Waals surface area contributed by atoms with Gasteiger partial charge in [-0.3, -0.25) is 4.90 Å². The van der Waals surface area contributed by atoms with E-state index >= 15 is 0 Å². The van der Waals surface area contributed by atoms with E-state index in [9.17, 15) is 4.39 Å². The van der Waals surface area contributed by atoms with Crippen LogP contribution in [0.2, 0.25) is 0 Å². The van der Waals surface area contributed by atoms with Crippen LogP contribution in [0.15, 0.2) is 48.8 Å². The molecule has 0 unspecified atom stereocenters. The van der Waals surface area contributed by atoms with Gasteiger partial charge in [0.05, 0.1) is 24.9 Å². The van der Waals surface area contributed by atoms with Gasteiger partial charge in [-0.2, -0.15) is 4.98 Å². The number of ether oxygens (including phenoxy) is 1. The molecule has 0 amide bonds. The second-order valence-electron chi connectivity index (χ2n) is 8.35. The standard InChI is InChI=1S/C23H27FN6O/c1-16-9-19(26-18-5-7-29(8-6-18)22-13-31-14-22)12-20(10-16)27-23-25-15-30(28-23)21-4-2-3-17(24)11-21/h2-4,9-12,15,18,22,26H,5-8,13-14H2,1H3,(H,27,28). The van der Waals surface area contributed by atoms with Crippen LogP contribution in [0.1, 0.15) is 18.4 Å². The van der Waals surface area contributed by atoms with Crippen molar-refractivity contribution in [1.82, 2.24) is 19.7 Å². The second-order valence-corrected chi connectivity index (χ2v) is 8.35. The summed E-state index contributed by atoms with van der Waals surface area (Å²) in [7, 11) is 0. The number of nitrogens with zero attached hydrogens (tertiary/aromatic N) is 4. The first-order chi connectivity index (χ1) is 15.1. The lowest BCUT2D eigenvalue weighted by Crippen LogP contribution is -2.53. The summed E-state index contributed by atoms with van der Waals surface area (Å²) in [5.74, 6) is 0.167. The molecule has 3 aromatic rings. The maximum atomic E-state index is 13.5. The molecule has 0 aliphatic carbocycles. The number of piperidine rings is 1. The lowest BCUT2D eigenvalue weighted by atomic mass is 10.0. The van der Waals surface area contributed by atoms with Gasteiger partial charge in [0.15, 0.2) is 0 Å². The van der Waals surface area contributed by atoms with Gasteiger partial charge in [-0.25, -0.2) is 9.07 Å². The number of benzene rings is 2. The molecule has 0 atom stereocenters. The number of aromatic nitrogens is 3. The maximum absolute atomic E-state index is 13.5. The van der Waals surface area contributed by atoms with Gasteiger partial charge in [-0.15, -0.1) is 5.10 Å². The van der Waals surface area contributed by atoms with Crippen molar-refractivity contribution in [3.05, 3.63) is 60.2 Å². The van der Waals surface area contributed by atoms with Gasteiger partial charge in [-0.1, -0.05) is 6.07 Å². The Morgan fingerprint density at radius 2 is 1.87 bits per heavy atom. The largest absolute Gasteiger partial charge is 0.382 e. The topological polar surface area (TPSA) is 67.2 Å². The minimum atomic E-state index is -0.302. The fraction of sp³-hybridized carbons (Fsp3) is 0.391. The molecule has 3 heterocycles. The summed E-state index contributed by atoms with van der Waals surface area (Å²) >= 11 is 0. The van der Waals surface area contributed by atoms with Crippen molar-refractivity contribution in [2.24, 2.45) is 0 Å². The number of rotatable bonds is 6. The highest BCUT2D eigenvalue weighted by Crippen LogP contribution is 2.25. The van der Waals surface area contributed by atoms with Gasteiger partial charge in [0.1, 0.15) is 12.1 Å². The molecule has 2 aliphatic rings. The van der Waals surface area contributed by atoms with E-state index in [1.165, 1.54) is 12.1 Å². The predicted octanol–water partition coefficient (Wildman–Crippen LogP) is 3.73. The van der Waals surface area contributed by atoms with E-state index in [1.54, 1.807) is 23.1 Å². The first-order valence-electron chi connectivity index (χ1n) is 10.8. The highest BCUT2D eigenvalue weighted by Gasteiger charge is 2.29. The number of hydrogen-bond acceptors (Lipinski definition) is 6. The van der Waals surface area contributed by atoms with Crippen molar-refractivity contribution in [3.63, 3.8) is 0 Å². The molecular formula is C23H27FN6O. The number of hydrogen-bond donors (Lipinski definition) is 2. The summed E-state index contributed by atoms with van der Waals surface area (Å²) in [6, 6.07) is 13.7. The molecule has 0 saturated carbocycles. The van der Waals surface area contributed by atoms with Crippen molar-refractivity contribution in [1.29, 1.82) is 0 Å². The van der Waals surface area contributed by atoms with E-state index in [4.69, 9.17) is 4.74 Å². The summed E-state index contributed by atoms with van der Waals surface area (Å²) in [5, 5.41) is 11.4. The molecule has 31 heavy (non-hydrogen) atoms. The summed E-state index contributed by atoms with van der Waals surface area (Å²) in [5.41, 5.74) is 3.80. The van der Waals surface area contributed by atoms with Crippen LogP contribution >= 0.6 is 0 Å². The first-order valence-corrected chi connectivity index (χ1v) is 10.8. The molecule has 0 radical (unpaired) electrons. The van der Waals surface area contributed by atoms with E-state index < -0.39 is 0 Å². The highest BCUT2D eigenvalue weighted by atomic mass is 19.1. The Hall–Kier alpha value is -2.97. The SMILES string of the molecule is Cc1cc(Nc2ncn(-c3cccc(F)c3)n2)cc(NC2CCN(C3COC3)CC2)c1. The lowest BCUT2D eigenvalue weighted by Gasteiger charge is -2.41. The highest BCUT2D eigenvalue weighted by molar-refractivity contribution is 5.63. The van der Waals surface area contributed by atoms with Crippen molar-refractivity contribution in [2.45, 2.75) is 31.8 Å². The Morgan fingerprint density at radius 1 is 1.06 bits per heavy atom. The third-order valence-corrected chi connectivity index (χ3v) is 5.94. The van der Waals surface area contributed by atoms with Crippen LogP contribution in [-0.2, 0) is 4.74 Å². The van der Waals surface area contributed by atoms with Gasteiger partial charge in [-0.05, 0) is 61.7 Å². The molecule has 0 bridgehead atoms. The zero-order valence-corrected chi connectivity index (χ0v) is 17.6. The molecule has 5 rings (SSSR count). The molecule has 1 aromatic heterocycles. The zero-order chi connectivity index (χ0) is 21.2. The molecule has 8 heteroatoms. The van der Waals surface area contributed by atoms with E-state index in [1.807, 2.05) is 0 Å². The third-order valence-electron chi connectivity index (χ3n) is 5.94. The average molecular weight is 423 g/mol. The lowest BCUT2D eigenvalue weighted by molar-refractivity contribution is -0.0705. The number of likely N-dealkylation sites (tertiary alicyclic amines) is 1. The van der Waals surface area contributed by atoms with Gasteiger partial charge in [0.25, 0.3) is 0 Å². The van der Waals surface area contributed by atoms with Crippen LogP contribution < -0.4 is 10.6 Å². The van der Waals surface area contributed by atoms with Gasteiger partial charge < -0.3 is 15.4 Å². The quantitative estimate of drug-likeness (QED) is 0.631. The summed E-state index contributed by atoms with van der Waals surface area (Å²) in [4.78, 5) is 6.86. The molecule has 162 valence electrons. The van der Waals surface area contributed by atoms with Gasteiger partial charge in [0, 0.05) is 30.5 Å². The molecular weight excluding hydrogens is 395 g/mol. The van der Waals surface area contributed by atoms with Crippen LogP contribution in [0.3, 0.4) is 0 Å². The maximum Gasteiger partial charge on any atom is 0.246 e. The van der Waals surface area contributed by atoms with Gasteiger partial charge in [0.2, 0.25) is 5.95 Å². The van der Waals surface area contributed by atoms with Crippen molar-refractivity contribution in [2.75, 3.05) is 36.9 Å². The van der Waals surface area contributed by atoms with Crippen molar-refractivity contribution < 1.29 is 9.13 Å². The molecule has 2 saturated heterocycles. The van der Waals surface area contributed by atoms with Crippen LogP contribution in [0.4, 0.5) is 21.7 Å². The van der Waals surface area contributed by atoms with Gasteiger partial charge >= 0.3 is 0 Å². The minimum Gasteiger partial charge on any atom is -0.382 e. The van der Waals surface area contributed by atoms with Crippen LogP contribution in [-0.4, -0.2) is 58.1 Å². The third kappa shape index (κ3) is 4.70. The summed E-state index contributed by atoms with van der Waals surface area (Å²) < 4.78 is 20.4. The molecule has 2 aromatic carbocycles. The van der Waals surface area contributed by atoms with Crippen molar-refractivity contribution in [3.8, 4) is 5.69 Å². The molecule has 2 aliphatic heterocycles. The van der Waals surface area contributed by atoms with E-state index in [0.29, 0.717) is 23.7 Å². The normalized spacial score (nSPS) is 18.0. The molecule has 0 spiro atoms. The Bertz CT molecular complexity index is 1040. The fourth-order valence-electron chi connectivity index (χ4n) is 4.21. The number of aryl methyl sites for hydroxylation is 1. The summed E-state index contributed by atoms with van der Waals surface area (Å²) in [6.07, 6.45) is 3.84. The second kappa shape index (κ2) is 8.64. The van der Waals surface area contributed by atoms with E-state index in [2.05, 4.69) is 50.7 Å². The monoisotopic (exact) mass is 422 g/mol. The molecule has 2 N–H and O–H groups in total. The fourth-order valence-corrected chi connectivity index (χ4v) is 4.21. The number of nitrogens with one attached hydrogen (secondary N) is 2. The van der Waals surface area contributed by atoms with E-state index in [0.717, 1.165) is 56.1 Å².